The number of nitrogens with one attached hydrogen (secondary N) is 1. The maximum Gasteiger partial charge on any atom is 0.231 e. The van der Waals surface area contributed by atoms with Crippen LogP contribution in [0.5, 0.6) is 34.5 Å². The molecule has 0 saturated carbocycles. The van der Waals surface area contributed by atoms with E-state index in [1.807, 2.05) is 24.3 Å². The molecule has 0 radical (unpaired) electrons. The number of rotatable bonds is 7. The molecule has 0 fully saturated rings. The highest BCUT2D eigenvalue weighted by Crippen LogP contribution is 2.43. The zero-order valence-corrected chi connectivity index (χ0v) is 16.3. The minimum Gasteiger partial charge on any atom is -0.494 e. The van der Waals surface area contributed by atoms with Gasteiger partial charge in [-0.15, -0.1) is 0 Å². The molecule has 0 bridgehead atoms. The van der Waals surface area contributed by atoms with E-state index < -0.39 is 0 Å². The summed E-state index contributed by atoms with van der Waals surface area (Å²) in [6.07, 6.45) is 3.00. The zero-order chi connectivity index (χ0) is 19.5. The fourth-order valence-corrected chi connectivity index (χ4v) is 3.68. The fourth-order valence-electron chi connectivity index (χ4n) is 3.68. The van der Waals surface area contributed by atoms with Crippen molar-refractivity contribution in [1.82, 2.24) is 5.32 Å². The molecule has 0 amide bonds. The highest BCUT2D eigenvalue weighted by molar-refractivity contribution is 5.55. The van der Waals surface area contributed by atoms with Crippen LogP contribution in [0.1, 0.15) is 18.4 Å². The molecule has 0 aromatic heterocycles. The number of aryl methyl sites for hydroxylation is 1. The number of hydrogen-bond acceptors (Lipinski definition) is 7. The summed E-state index contributed by atoms with van der Waals surface area (Å²) in [5.41, 5.74) is 1.24. The monoisotopic (exact) mass is 399 g/mol. The Morgan fingerprint density at radius 1 is 0.931 bits per heavy atom. The molecular formula is C22H25NO6. The Kier molecular flexibility index (Phi) is 5.21. The molecular weight excluding hydrogens is 374 g/mol. The first-order valence-corrected chi connectivity index (χ1v) is 10.2. The summed E-state index contributed by atoms with van der Waals surface area (Å²) in [5.74, 6) is 4.71. The van der Waals surface area contributed by atoms with Crippen molar-refractivity contribution in [3.8, 4) is 34.5 Å². The lowest BCUT2D eigenvalue weighted by Crippen LogP contribution is -2.39. The van der Waals surface area contributed by atoms with Crippen molar-refractivity contribution >= 4 is 0 Å². The van der Waals surface area contributed by atoms with Gasteiger partial charge in [0.1, 0.15) is 24.2 Å². The average Bonchev–Trinajstić information content (AvgIpc) is 3.21. The lowest BCUT2D eigenvalue weighted by atomic mass is 10.1. The molecule has 7 heteroatoms. The molecule has 1 unspecified atom stereocenters. The Morgan fingerprint density at radius 2 is 1.79 bits per heavy atom. The standard InChI is InChI=1S/C22H25NO6/c1-3-15-9-16(4-5-18(15)25-7-1)24-8-2-6-23-12-17-13-26-21-10-19-20(28-14-27-19)11-22(21)29-17/h4-5,9-11,17,23H,1-3,6-8,12-14H2. The lowest BCUT2D eigenvalue weighted by Gasteiger charge is -2.27. The van der Waals surface area contributed by atoms with E-state index in [0.29, 0.717) is 42.8 Å². The smallest absolute Gasteiger partial charge is 0.231 e. The van der Waals surface area contributed by atoms with Gasteiger partial charge in [0.15, 0.2) is 23.0 Å². The summed E-state index contributed by atoms with van der Waals surface area (Å²) < 4.78 is 34.1. The molecule has 2 aromatic rings. The normalized spacial score (nSPS) is 18.7. The van der Waals surface area contributed by atoms with Gasteiger partial charge in [-0.25, -0.2) is 0 Å². The van der Waals surface area contributed by atoms with Crippen LogP contribution in [0, 0.1) is 0 Å². The summed E-state index contributed by atoms with van der Waals surface area (Å²) in [6.45, 7) is 3.79. The largest absolute Gasteiger partial charge is 0.494 e. The van der Waals surface area contributed by atoms with Gasteiger partial charge in [-0.1, -0.05) is 0 Å². The van der Waals surface area contributed by atoms with E-state index in [0.717, 1.165) is 43.9 Å². The van der Waals surface area contributed by atoms with Gasteiger partial charge in [0, 0.05) is 18.7 Å². The van der Waals surface area contributed by atoms with E-state index in [4.69, 9.17) is 28.4 Å². The lowest BCUT2D eigenvalue weighted by molar-refractivity contribution is 0.0899. The first-order chi connectivity index (χ1) is 14.3. The highest BCUT2D eigenvalue weighted by Gasteiger charge is 2.25. The summed E-state index contributed by atoms with van der Waals surface area (Å²) in [4.78, 5) is 0. The van der Waals surface area contributed by atoms with Crippen molar-refractivity contribution in [3.05, 3.63) is 35.9 Å². The molecule has 0 spiro atoms. The highest BCUT2D eigenvalue weighted by atomic mass is 16.7. The van der Waals surface area contributed by atoms with Crippen molar-refractivity contribution < 1.29 is 28.4 Å². The second-order valence-electron chi connectivity index (χ2n) is 7.33. The summed E-state index contributed by atoms with van der Waals surface area (Å²) in [6, 6.07) is 9.74. The molecule has 0 saturated heterocycles. The van der Waals surface area contributed by atoms with Gasteiger partial charge in [-0.05, 0) is 49.6 Å². The number of ether oxygens (including phenoxy) is 6. The molecule has 3 heterocycles. The van der Waals surface area contributed by atoms with Gasteiger partial charge in [-0.3, -0.25) is 0 Å². The first kappa shape index (κ1) is 18.2. The molecule has 7 nitrogen and oxygen atoms in total. The van der Waals surface area contributed by atoms with Gasteiger partial charge < -0.3 is 33.7 Å². The quantitative estimate of drug-likeness (QED) is 0.718. The third kappa shape index (κ3) is 4.15. The molecule has 29 heavy (non-hydrogen) atoms. The molecule has 5 rings (SSSR count). The predicted octanol–water partition coefficient (Wildman–Crippen LogP) is 2.94. The predicted molar refractivity (Wildman–Crippen MR) is 106 cm³/mol. The van der Waals surface area contributed by atoms with Crippen molar-refractivity contribution in [2.24, 2.45) is 0 Å². The number of hydrogen-bond donors (Lipinski definition) is 1. The van der Waals surface area contributed by atoms with Gasteiger partial charge in [0.25, 0.3) is 0 Å². The van der Waals surface area contributed by atoms with Crippen molar-refractivity contribution in [2.75, 3.05) is 39.7 Å². The maximum atomic E-state index is 6.02. The minimum absolute atomic E-state index is 0.0376. The third-order valence-corrected chi connectivity index (χ3v) is 5.18. The van der Waals surface area contributed by atoms with E-state index in [1.54, 1.807) is 0 Å². The molecule has 3 aliphatic heterocycles. The number of fused-ring (bicyclic) bond motifs is 3. The number of benzene rings is 2. The van der Waals surface area contributed by atoms with Crippen LogP contribution in [0.4, 0.5) is 0 Å². The third-order valence-electron chi connectivity index (χ3n) is 5.18. The Morgan fingerprint density at radius 3 is 2.72 bits per heavy atom. The molecule has 0 aliphatic carbocycles. The summed E-state index contributed by atoms with van der Waals surface area (Å²) >= 11 is 0. The van der Waals surface area contributed by atoms with Crippen molar-refractivity contribution in [2.45, 2.75) is 25.4 Å². The fraction of sp³-hybridized carbons (Fsp3) is 0.455. The maximum absolute atomic E-state index is 6.02. The Bertz CT molecular complexity index is 871. The van der Waals surface area contributed by atoms with Crippen LogP contribution in [0.2, 0.25) is 0 Å². The van der Waals surface area contributed by atoms with E-state index in [1.165, 1.54) is 5.56 Å². The minimum atomic E-state index is -0.0376. The van der Waals surface area contributed by atoms with Crippen LogP contribution in [0.25, 0.3) is 0 Å². The Labute approximate surface area is 169 Å². The zero-order valence-electron chi connectivity index (χ0n) is 16.3. The Hall–Kier alpha value is -2.80. The van der Waals surface area contributed by atoms with Gasteiger partial charge in [0.2, 0.25) is 6.79 Å². The molecule has 1 atom stereocenters. The van der Waals surface area contributed by atoms with E-state index in [9.17, 15) is 0 Å². The second-order valence-corrected chi connectivity index (χ2v) is 7.33. The molecule has 3 aliphatic rings. The van der Waals surface area contributed by atoms with Crippen LogP contribution < -0.4 is 33.7 Å². The van der Waals surface area contributed by atoms with E-state index >= 15 is 0 Å². The van der Waals surface area contributed by atoms with Gasteiger partial charge in [0.05, 0.1) is 13.2 Å². The molecule has 1 N–H and O–H groups in total. The first-order valence-electron chi connectivity index (χ1n) is 10.2. The van der Waals surface area contributed by atoms with Crippen LogP contribution in [-0.2, 0) is 6.42 Å². The van der Waals surface area contributed by atoms with Gasteiger partial charge >= 0.3 is 0 Å². The SMILES string of the molecule is c1cc2c(cc1OCCCNCC1COc3cc4c(cc3O1)OCO4)CCCO2. The van der Waals surface area contributed by atoms with Crippen LogP contribution in [-0.4, -0.2) is 45.8 Å². The topological polar surface area (TPSA) is 67.4 Å². The van der Waals surface area contributed by atoms with Crippen LogP contribution in [0.15, 0.2) is 30.3 Å². The molecule has 154 valence electrons. The van der Waals surface area contributed by atoms with E-state index in [2.05, 4.69) is 11.4 Å². The summed E-state index contributed by atoms with van der Waals surface area (Å²) in [7, 11) is 0. The average molecular weight is 399 g/mol. The summed E-state index contributed by atoms with van der Waals surface area (Å²) in [5, 5.41) is 3.41. The Balaban J connectivity index is 1.02. The van der Waals surface area contributed by atoms with Crippen molar-refractivity contribution in [3.63, 3.8) is 0 Å². The van der Waals surface area contributed by atoms with Crippen LogP contribution >= 0.6 is 0 Å². The molecule has 2 aromatic carbocycles. The second kappa shape index (κ2) is 8.29. The van der Waals surface area contributed by atoms with Gasteiger partial charge in [-0.2, -0.15) is 0 Å². The van der Waals surface area contributed by atoms with Crippen molar-refractivity contribution in [1.29, 1.82) is 0 Å². The van der Waals surface area contributed by atoms with E-state index in [-0.39, 0.29) is 12.9 Å². The van der Waals surface area contributed by atoms with Crippen LogP contribution in [0.3, 0.4) is 0 Å².